The van der Waals surface area contributed by atoms with Crippen molar-refractivity contribution in [3.05, 3.63) is 52.8 Å². The molecule has 2 heterocycles. The molecule has 10 nitrogen and oxygen atoms in total. The minimum atomic E-state index is -5.08. The quantitative estimate of drug-likeness (QED) is 0.387. The van der Waals surface area contributed by atoms with E-state index in [1.54, 1.807) is 31.5 Å². The molecule has 0 fully saturated rings. The topological polar surface area (TPSA) is 163 Å². The second-order valence-electron chi connectivity index (χ2n) is 6.16. The maximum absolute atomic E-state index is 11.9. The normalized spacial score (nSPS) is 11.1. The Bertz CT molecular complexity index is 1220. The highest BCUT2D eigenvalue weighted by atomic mass is 19.4. The molecule has 0 saturated heterocycles. The highest BCUT2D eigenvalue weighted by Gasteiger charge is 2.38. The van der Waals surface area contributed by atoms with E-state index in [0.29, 0.717) is 17.6 Å². The molecule has 0 atom stereocenters. The molecule has 2 aromatic heterocycles. The zero-order valence-corrected chi connectivity index (χ0v) is 17.3. The van der Waals surface area contributed by atoms with E-state index in [1.807, 2.05) is 6.07 Å². The number of rotatable bonds is 3. The van der Waals surface area contributed by atoms with Gasteiger partial charge >= 0.3 is 24.3 Å². The van der Waals surface area contributed by atoms with Crippen LogP contribution in [0.25, 0.3) is 22.0 Å². The Kier molecular flexibility index (Phi) is 9.70. The number of aromatic nitrogens is 3. The summed E-state index contributed by atoms with van der Waals surface area (Å²) >= 11 is 0. The minimum absolute atomic E-state index is 0.0409. The Morgan fingerprint density at radius 1 is 1.03 bits per heavy atom. The zero-order valence-electron chi connectivity index (χ0n) is 17.3. The number of aromatic amines is 1. The van der Waals surface area contributed by atoms with Crippen LogP contribution in [0.2, 0.25) is 0 Å². The Balaban J connectivity index is 0.000000362. The fourth-order valence-corrected chi connectivity index (χ4v) is 2.27. The molecule has 190 valence electrons. The van der Waals surface area contributed by atoms with Crippen LogP contribution in [0.1, 0.15) is 5.69 Å². The van der Waals surface area contributed by atoms with Crippen molar-refractivity contribution >= 4 is 22.8 Å². The van der Waals surface area contributed by atoms with Crippen molar-refractivity contribution in [2.24, 2.45) is 0 Å². The lowest BCUT2D eigenvalue weighted by molar-refractivity contribution is -0.193. The summed E-state index contributed by atoms with van der Waals surface area (Å²) in [5.74, 6) is -5.55. The largest absolute Gasteiger partial charge is 0.506 e. The maximum atomic E-state index is 11.9. The number of H-pyrrole nitrogens is 1. The average Bonchev–Trinajstić information content (AvgIpc) is 2.74. The van der Waals surface area contributed by atoms with Crippen LogP contribution in [-0.4, -0.2) is 61.7 Å². The van der Waals surface area contributed by atoms with Gasteiger partial charge in [-0.25, -0.2) is 14.6 Å². The van der Waals surface area contributed by atoms with Crippen molar-refractivity contribution in [2.75, 3.05) is 7.11 Å². The Hall–Kier alpha value is -4.21. The number of phenols is 1. The summed E-state index contributed by atoms with van der Waals surface area (Å²) in [6.07, 6.45) is -7.22. The summed E-state index contributed by atoms with van der Waals surface area (Å²) in [6, 6.07) is 6.93. The molecule has 0 unspecified atom stereocenters. The van der Waals surface area contributed by atoms with Gasteiger partial charge in [-0.1, -0.05) is 6.07 Å². The van der Waals surface area contributed by atoms with Crippen LogP contribution in [0, 0.1) is 0 Å². The van der Waals surface area contributed by atoms with Gasteiger partial charge in [0.25, 0.3) is 5.56 Å². The Morgan fingerprint density at radius 3 is 2.06 bits per heavy atom. The van der Waals surface area contributed by atoms with Crippen molar-refractivity contribution in [2.45, 2.75) is 19.0 Å². The number of fused-ring (bicyclic) bond motifs is 1. The van der Waals surface area contributed by atoms with Crippen LogP contribution in [0.15, 0.2) is 41.6 Å². The lowest BCUT2D eigenvalue weighted by Gasteiger charge is -2.09. The molecule has 0 aliphatic heterocycles. The number of ether oxygens (including phenoxy) is 1. The number of carboxylic acids is 2. The number of halogens is 6. The highest BCUT2D eigenvalue weighted by molar-refractivity contribution is 5.89. The molecule has 0 spiro atoms. The van der Waals surface area contributed by atoms with Crippen LogP contribution in [0.4, 0.5) is 26.3 Å². The molecular weight excluding hydrogens is 496 g/mol. The number of nitrogens with one attached hydrogen (secondary N) is 1. The van der Waals surface area contributed by atoms with Crippen molar-refractivity contribution in [1.82, 2.24) is 15.0 Å². The van der Waals surface area contributed by atoms with E-state index in [0.717, 1.165) is 11.3 Å². The van der Waals surface area contributed by atoms with Gasteiger partial charge in [0.15, 0.2) is 0 Å². The first kappa shape index (κ1) is 28.8. The van der Waals surface area contributed by atoms with Gasteiger partial charge in [-0.15, -0.1) is 0 Å². The number of aliphatic carboxylic acids is 2. The van der Waals surface area contributed by atoms with Crippen molar-refractivity contribution < 1.29 is 56.0 Å². The molecule has 0 bridgehead atoms. The van der Waals surface area contributed by atoms with E-state index in [4.69, 9.17) is 24.5 Å². The number of carboxylic acid groups (broad SMARTS) is 2. The third-order valence-corrected chi connectivity index (χ3v) is 3.69. The number of nitrogens with zero attached hydrogens (tertiary/aromatic N) is 2. The van der Waals surface area contributed by atoms with Crippen LogP contribution in [0.3, 0.4) is 0 Å². The van der Waals surface area contributed by atoms with Gasteiger partial charge in [-0.2, -0.15) is 26.3 Å². The van der Waals surface area contributed by atoms with E-state index in [1.165, 1.54) is 6.33 Å². The monoisotopic (exact) mass is 511 g/mol. The molecule has 16 heteroatoms. The third kappa shape index (κ3) is 8.58. The summed E-state index contributed by atoms with van der Waals surface area (Å²) in [4.78, 5) is 40.4. The van der Waals surface area contributed by atoms with Crippen LogP contribution in [-0.2, 0) is 20.9 Å². The molecule has 0 radical (unpaired) electrons. The number of hydrogen-bond donors (Lipinski definition) is 4. The van der Waals surface area contributed by atoms with E-state index in [-0.39, 0.29) is 16.8 Å². The summed E-state index contributed by atoms with van der Waals surface area (Å²) in [6.45, 7) is 0.346. The van der Waals surface area contributed by atoms with Crippen molar-refractivity contribution in [3.8, 4) is 16.9 Å². The van der Waals surface area contributed by atoms with Gasteiger partial charge in [0.1, 0.15) is 11.3 Å². The van der Waals surface area contributed by atoms with E-state index >= 15 is 0 Å². The van der Waals surface area contributed by atoms with E-state index in [9.17, 15) is 36.2 Å². The number of phenolic OH excluding ortho intramolecular Hbond substituents is 1. The number of alkyl halides is 6. The lowest BCUT2D eigenvalue weighted by atomic mass is 10.0. The van der Waals surface area contributed by atoms with Crippen LogP contribution >= 0.6 is 0 Å². The minimum Gasteiger partial charge on any atom is -0.506 e. The first-order valence-corrected chi connectivity index (χ1v) is 8.83. The van der Waals surface area contributed by atoms with Gasteiger partial charge in [0.05, 0.1) is 24.0 Å². The smallest absolute Gasteiger partial charge is 0.490 e. The van der Waals surface area contributed by atoms with Crippen LogP contribution < -0.4 is 5.56 Å². The van der Waals surface area contributed by atoms with Gasteiger partial charge in [0.2, 0.25) is 0 Å². The molecule has 0 aliphatic rings. The fourth-order valence-electron chi connectivity index (χ4n) is 2.27. The average molecular weight is 511 g/mol. The van der Waals surface area contributed by atoms with E-state index < -0.39 is 24.3 Å². The highest BCUT2D eigenvalue weighted by Crippen LogP contribution is 2.30. The Labute approximate surface area is 190 Å². The number of pyridine rings is 1. The second kappa shape index (κ2) is 11.8. The predicted molar refractivity (Wildman–Crippen MR) is 105 cm³/mol. The summed E-state index contributed by atoms with van der Waals surface area (Å²) in [5.41, 5.74) is 2.21. The summed E-state index contributed by atoms with van der Waals surface area (Å²) < 4.78 is 68.6. The van der Waals surface area contributed by atoms with Gasteiger partial charge in [-0.05, 0) is 23.8 Å². The molecule has 0 aliphatic carbocycles. The van der Waals surface area contributed by atoms with E-state index in [2.05, 4.69) is 15.0 Å². The fraction of sp³-hybridized carbons (Fsp3) is 0.211. The molecular formula is C19H15F6N3O7. The lowest BCUT2D eigenvalue weighted by Crippen LogP contribution is -2.21. The van der Waals surface area contributed by atoms with Gasteiger partial charge in [-0.3, -0.25) is 9.78 Å². The molecule has 0 amide bonds. The summed E-state index contributed by atoms with van der Waals surface area (Å²) in [7, 11) is 1.59. The molecule has 3 aromatic rings. The number of hydrogen-bond acceptors (Lipinski definition) is 7. The molecule has 35 heavy (non-hydrogen) atoms. The molecule has 3 rings (SSSR count). The summed E-state index contributed by atoms with van der Waals surface area (Å²) in [5, 5.41) is 24.7. The molecule has 1 aromatic carbocycles. The second-order valence-corrected chi connectivity index (χ2v) is 6.16. The van der Waals surface area contributed by atoms with Crippen molar-refractivity contribution in [1.29, 1.82) is 0 Å². The standard InChI is InChI=1S/C15H13N3O3.2C2HF3O2/c1-21-7-12-10(3-2-4-16-12)9-5-11-14(13(19)6-9)17-8-18-15(11)20;2*3-2(4,5)1(6)7/h2-6,8,19H,7H2,1H3,(H,17,18,20);2*(H,6,7). The first-order valence-electron chi connectivity index (χ1n) is 8.83. The zero-order chi connectivity index (χ0) is 27.0. The number of benzene rings is 1. The first-order chi connectivity index (χ1) is 16.1. The molecule has 0 saturated carbocycles. The van der Waals surface area contributed by atoms with Crippen molar-refractivity contribution in [3.63, 3.8) is 0 Å². The molecule has 4 N–H and O–H groups in total. The predicted octanol–water partition coefficient (Wildman–Crippen LogP) is 3.10. The Morgan fingerprint density at radius 2 is 1.57 bits per heavy atom. The number of carbonyl (C=O) groups is 2. The van der Waals surface area contributed by atoms with Gasteiger partial charge < -0.3 is 25.0 Å². The maximum Gasteiger partial charge on any atom is 0.490 e. The SMILES string of the molecule is COCc1ncccc1-c1cc(O)c2nc[nH]c(=O)c2c1.O=C(O)C(F)(F)F.O=C(O)C(F)(F)F. The number of methoxy groups -OCH3 is 1. The number of aromatic hydroxyl groups is 1. The third-order valence-electron chi connectivity index (χ3n) is 3.69. The van der Waals surface area contributed by atoms with Crippen LogP contribution in [0.5, 0.6) is 5.75 Å². The van der Waals surface area contributed by atoms with Gasteiger partial charge in [0, 0.05) is 18.9 Å².